The lowest BCUT2D eigenvalue weighted by atomic mass is 10.1. The molecule has 1 fully saturated rings. The number of unbranched alkanes of at least 4 members (excludes halogenated alkanes) is 3. The molecule has 1 amide bonds. The van der Waals surface area contributed by atoms with Crippen LogP contribution in [0.4, 0.5) is 0 Å². The maximum atomic E-state index is 13.4. The minimum atomic E-state index is -1.07. The van der Waals surface area contributed by atoms with Crippen LogP contribution in [0.5, 0.6) is 11.8 Å². The molecule has 0 bridgehead atoms. The van der Waals surface area contributed by atoms with Crippen molar-refractivity contribution in [1.82, 2.24) is 23.8 Å². The van der Waals surface area contributed by atoms with Gasteiger partial charge in [-0.1, -0.05) is 12.8 Å². The Hall–Kier alpha value is -3.29. The Labute approximate surface area is 280 Å². The minimum absolute atomic E-state index is 0. The second-order valence-electron chi connectivity index (χ2n) is 10.8. The fourth-order valence-electron chi connectivity index (χ4n) is 5.69. The number of fused-ring (bicyclic) bond motifs is 2. The number of ether oxygens (including phenoxy) is 2. The highest BCUT2D eigenvalue weighted by Crippen LogP contribution is 2.33. The Bertz CT molecular complexity index is 1610. The molecule has 0 spiro atoms. The third-order valence-corrected chi connectivity index (χ3v) is 7.76. The number of carboxylic acids is 1. The van der Waals surface area contributed by atoms with E-state index in [-0.39, 0.29) is 55.1 Å². The summed E-state index contributed by atoms with van der Waals surface area (Å²) in [7, 11) is 1.58. The lowest BCUT2D eigenvalue weighted by Gasteiger charge is -2.30. The molecule has 1 saturated heterocycles. The molecule has 12 nitrogen and oxygen atoms in total. The van der Waals surface area contributed by atoms with Gasteiger partial charge in [-0.05, 0) is 57.4 Å². The van der Waals surface area contributed by atoms with Crippen molar-refractivity contribution in [1.29, 1.82) is 0 Å². The van der Waals surface area contributed by atoms with Gasteiger partial charge in [-0.15, -0.1) is 37.2 Å². The average Bonchev–Trinajstić information content (AvgIpc) is 3.51. The molecule has 0 aromatic carbocycles. The number of amides is 1. The van der Waals surface area contributed by atoms with Crippen molar-refractivity contribution in [3.05, 3.63) is 41.6 Å². The molecule has 1 aliphatic heterocycles. The highest BCUT2D eigenvalue weighted by atomic mass is 35.5. The Balaban J connectivity index is 0.00000235. The Kier molecular flexibility index (Phi) is 14.2. The van der Waals surface area contributed by atoms with Crippen molar-refractivity contribution in [3.63, 3.8) is 0 Å². The first kappa shape index (κ1) is 37.9. The van der Waals surface area contributed by atoms with Crippen molar-refractivity contribution in [2.75, 3.05) is 33.4 Å². The number of nitrogens with zero attached hydrogens (tertiary/aromatic N) is 5. The quantitative estimate of drug-likeness (QED) is 0.182. The van der Waals surface area contributed by atoms with Crippen LogP contribution in [0.2, 0.25) is 0 Å². The minimum Gasteiger partial charge on any atom is -0.482 e. The zero-order chi connectivity index (χ0) is 29.8. The summed E-state index contributed by atoms with van der Waals surface area (Å²) >= 11 is 0. The number of piperidine rings is 1. The van der Waals surface area contributed by atoms with Crippen LogP contribution in [0.25, 0.3) is 28.1 Å². The zero-order valence-electron chi connectivity index (χ0n) is 25.4. The second kappa shape index (κ2) is 16.9. The number of likely N-dealkylation sites (tertiary alicyclic amines) is 1. The molecular formula is C30H42Cl3N7O5. The van der Waals surface area contributed by atoms with E-state index in [2.05, 4.69) is 9.55 Å². The Morgan fingerprint density at radius 1 is 1.07 bits per heavy atom. The van der Waals surface area contributed by atoms with Gasteiger partial charge in [0.2, 0.25) is 5.88 Å². The van der Waals surface area contributed by atoms with Gasteiger partial charge < -0.3 is 35.5 Å². The first-order valence-electron chi connectivity index (χ1n) is 14.5. The van der Waals surface area contributed by atoms with Crippen molar-refractivity contribution in [3.8, 4) is 23.1 Å². The molecule has 248 valence electrons. The van der Waals surface area contributed by atoms with E-state index in [1.807, 2.05) is 23.5 Å². The average molecular weight is 687 g/mol. The number of halogens is 3. The number of nitrogens with two attached hydrogens (primary N) is 2. The molecule has 5 N–H and O–H groups in total. The maximum Gasteiger partial charge on any atom is 0.341 e. The Morgan fingerprint density at radius 2 is 1.82 bits per heavy atom. The fourth-order valence-corrected chi connectivity index (χ4v) is 5.69. The SMILES string of the molecule is COc1cc(C(=O)N2CCC[C@@H](N)C2)cc2nc(-c3cc4ccc(OCC(=O)O)nc4n3CCCCCCN)c(C)n12.Cl.Cl.Cl. The number of carboxylic acid groups (broad SMARTS) is 1. The number of aromatic nitrogens is 4. The van der Waals surface area contributed by atoms with Gasteiger partial charge in [0.1, 0.15) is 17.0 Å². The van der Waals surface area contributed by atoms with E-state index in [0.29, 0.717) is 48.9 Å². The lowest BCUT2D eigenvalue weighted by Crippen LogP contribution is -2.45. The van der Waals surface area contributed by atoms with E-state index in [0.717, 1.165) is 61.0 Å². The molecule has 0 aliphatic carbocycles. The monoisotopic (exact) mass is 685 g/mol. The third kappa shape index (κ3) is 8.30. The van der Waals surface area contributed by atoms with Gasteiger partial charge in [0.25, 0.3) is 5.91 Å². The number of aliphatic carboxylic acids is 1. The van der Waals surface area contributed by atoms with Crippen LogP contribution in [0.1, 0.15) is 54.6 Å². The standard InChI is InChI=1S/C30H39N7O5.3ClH/c1-19-28(33-24-15-21(16-26(41-2)37(19)24)30(40)35-12-7-8-22(32)17-35)23-14-20-9-10-25(42-18-27(38)39)34-29(20)36(23)13-6-4-3-5-11-31;;;/h9-10,14-16,22H,3-8,11-13,17-18,31-32H2,1-2H3,(H,38,39);3*1H/t22-;;;/m1.../s1. The van der Waals surface area contributed by atoms with Gasteiger partial charge >= 0.3 is 5.97 Å². The molecule has 4 aromatic heterocycles. The molecule has 4 aromatic rings. The topological polar surface area (TPSA) is 163 Å². The predicted molar refractivity (Wildman–Crippen MR) is 181 cm³/mol. The van der Waals surface area contributed by atoms with Crippen molar-refractivity contribution < 1.29 is 24.2 Å². The van der Waals surface area contributed by atoms with E-state index in [1.54, 1.807) is 30.2 Å². The first-order chi connectivity index (χ1) is 20.3. The maximum absolute atomic E-state index is 13.4. The summed E-state index contributed by atoms with van der Waals surface area (Å²) in [6.07, 6.45) is 5.72. The van der Waals surface area contributed by atoms with Gasteiger partial charge in [-0.25, -0.2) is 9.78 Å². The number of pyridine rings is 2. The number of hydrogen-bond donors (Lipinski definition) is 3. The van der Waals surface area contributed by atoms with Crippen molar-refractivity contribution >= 4 is 65.8 Å². The van der Waals surface area contributed by atoms with E-state index >= 15 is 0 Å². The number of aryl methyl sites for hydroxylation is 2. The van der Waals surface area contributed by atoms with Crippen LogP contribution in [0.15, 0.2) is 30.3 Å². The highest BCUT2D eigenvalue weighted by Gasteiger charge is 2.25. The molecule has 5 heterocycles. The van der Waals surface area contributed by atoms with Crippen molar-refractivity contribution in [2.24, 2.45) is 11.5 Å². The van der Waals surface area contributed by atoms with Gasteiger partial charge in [-0.2, -0.15) is 4.98 Å². The summed E-state index contributed by atoms with van der Waals surface area (Å²) in [4.78, 5) is 35.9. The predicted octanol–water partition coefficient (Wildman–Crippen LogP) is 4.48. The Morgan fingerprint density at radius 3 is 2.51 bits per heavy atom. The summed E-state index contributed by atoms with van der Waals surface area (Å²) in [5.41, 5.74) is 16.1. The van der Waals surface area contributed by atoms with Crippen molar-refractivity contribution in [2.45, 2.75) is 58.0 Å². The first-order valence-corrected chi connectivity index (χ1v) is 14.5. The molecule has 0 unspecified atom stereocenters. The summed E-state index contributed by atoms with van der Waals surface area (Å²) in [6.45, 7) is 4.06. The number of methoxy groups -OCH3 is 1. The second-order valence-corrected chi connectivity index (χ2v) is 10.8. The largest absolute Gasteiger partial charge is 0.482 e. The van der Waals surface area contributed by atoms with Gasteiger partial charge in [-0.3, -0.25) is 9.20 Å². The number of carbonyl (C=O) groups is 2. The molecule has 1 atom stereocenters. The van der Waals surface area contributed by atoms with Crippen LogP contribution >= 0.6 is 37.2 Å². The summed E-state index contributed by atoms with van der Waals surface area (Å²) in [5, 5.41) is 9.93. The molecule has 15 heteroatoms. The number of carbonyl (C=O) groups excluding carboxylic acids is 1. The molecule has 0 radical (unpaired) electrons. The van der Waals surface area contributed by atoms with E-state index in [9.17, 15) is 9.59 Å². The summed E-state index contributed by atoms with van der Waals surface area (Å²) in [6, 6.07) is 9.12. The number of rotatable bonds is 12. The highest BCUT2D eigenvalue weighted by molar-refractivity contribution is 5.96. The fraction of sp³-hybridized carbons (Fsp3) is 0.467. The third-order valence-electron chi connectivity index (χ3n) is 7.76. The molecule has 1 aliphatic rings. The van der Waals surface area contributed by atoms with E-state index in [1.165, 1.54) is 0 Å². The lowest BCUT2D eigenvalue weighted by molar-refractivity contribution is -0.139. The zero-order valence-corrected chi connectivity index (χ0v) is 27.9. The van der Waals surface area contributed by atoms with Crippen LogP contribution in [0.3, 0.4) is 0 Å². The molecule has 0 saturated carbocycles. The van der Waals surface area contributed by atoms with E-state index < -0.39 is 12.6 Å². The van der Waals surface area contributed by atoms with Gasteiger partial charge in [0, 0.05) is 48.8 Å². The van der Waals surface area contributed by atoms with Crippen LogP contribution in [-0.2, 0) is 11.3 Å². The summed E-state index contributed by atoms with van der Waals surface area (Å²) < 4.78 is 15.1. The van der Waals surface area contributed by atoms with Gasteiger partial charge in [0.05, 0.1) is 18.5 Å². The number of imidazole rings is 1. The number of hydrogen-bond acceptors (Lipinski definition) is 8. The van der Waals surface area contributed by atoms with Crippen LogP contribution in [0, 0.1) is 6.92 Å². The van der Waals surface area contributed by atoms with Crippen LogP contribution < -0.4 is 20.9 Å². The molecule has 5 rings (SSSR count). The molecule has 45 heavy (non-hydrogen) atoms. The van der Waals surface area contributed by atoms with Crippen LogP contribution in [-0.4, -0.2) is 80.2 Å². The normalized spacial score (nSPS) is 14.4. The van der Waals surface area contributed by atoms with E-state index in [4.69, 9.17) is 31.0 Å². The summed E-state index contributed by atoms with van der Waals surface area (Å²) in [5.74, 6) is -0.394. The molecular weight excluding hydrogens is 645 g/mol. The van der Waals surface area contributed by atoms with Gasteiger partial charge in [0.15, 0.2) is 12.5 Å². The smallest absolute Gasteiger partial charge is 0.341 e.